The Balaban J connectivity index is 1.80. The number of rotatable bonds is 5. The molecule has 0 bridgehead atoms. The molecule has 1 atom stereocenters. The average Bonchev–Trinajstić information content (AvgIpc) is 2.54. The quantitative estimate of drug-likeness (QED) is 0.867. The molecule has 1 aliphatic rings. The highest BCUT2D eigenvalue weighted by molar-refractivity contribution is 6.30. The fourth-order valence-corrected chi connectivity index (χ4v) is 2.79. The van der Waals surface area contributed by atoms with E-state index in [0.29, 0.717) is 11.6 Å². The maximum Gasteiger partial charge on any atom is 0.315 e. The number of halogens is 1. The Morgan fingerprint density at radius 2 is 1.91 bits per heavy atom. The standard InChI is InChI=1S/C17H26ClN3O2/c1-13(14-4-6-15(18)7-5-14)20-16(22)19-12-17(2,3)21-8-10-23-11-9-21/h4-7,13H,8-12H2,1-3H3,(H2,19,20,22). The first-order valence-electron chi connectivity index (χ1n) is 8.01. The number of ether oxygens (including phenoxy) is 1. The predicted molar refractivity (Wildman–Crippen MR) is 92.9 cm³/mol. The highest BCUT2D eigenvalue weighted by atomic mass is 35.5. The van der Waals surface area contributed by atoms with Gasteiger partial charge >= 0.3 is 6.03 Å². The van der Waals surface area contributed by atoms with Gasteiger partial charge in [-0.2, -0.15) is 0 Å². The Bertz CT molecular complexity index is 513. The van der Waals surface area contributed by atoms with E-state index < -0.39 is 0 Å². The molecule has 1 fully saturated rings. The van der Waals surface area contributed by atoms with Crippen molar-refractivity contribution in [1.29, 1.82) is 0 Å². The maximum atomic E-state index is 12.1. The third kappa shape index (κ3) is 5.37. The summed E-state index contributed by atoms with van der Waals surface area (Å²) < 4.78 is 5.38. The molecule has 1 aromatic rings. The van der Waals surface area contributed by atoms with Crippen molar-refractivity contribution >= 4 is 17.6 Å². The Morgan fingerprint density at radius 1 is 1.30 bits per heavy atom. The minimum Gasteiger partial charge on any atom is -0.379 e. The number of urea groups is 1. The van der Waals surface area contributed by atoms with Crippen molar-refractivity contribution in [2.75, 3.05) is 32.8 Å². The van der Waals surface area contributed by atoms with Crippen molar-refractivity contribution in [3.63, 3.8) is 0 Å². The van der Waals surface area contributed by atoms with Crippen LogP contribution in [-0.4, -0.2) is 49.3 Å². The van der Waals surface area contributed by atoms with E-state index in [1.807, 2.05) is 31.2 Å². The number of carbonyl (C=O) groups excluding carboxylic acids is 1. The zero-order valence-electron chi connectivity index (χ0n) is 14.1. The molecule has 0 spiro atoms. The Hall–Kier alpha value is -1.30. The number of carbonyl (C=O) groups is 1. The first kappa shape index (κ1) is 18.0. The number of amides is 2. The van der Waals surface area contributed by atoms with Gasteiger partial charge in [-0.25, -0.2) is 4.79 Å². The van der Waals surface area contributed by atoms with Gasteiger partial charge < -0.3 is 15.4 Å². The van der Waals surface area contributed by atoms with Gasteiger partial charge in [0.1, 0.15) is 0 Å². The van der Waals surface area contributed by atoms with Crippen molar-refractivity contribution in [3.05, 3.63) is 34.9 Å². The normalized spacial score (nSPS) is 17.6. The average molecular weight is 340 g/mol. The van der Waals surface area contributed by atoms with Crippen molar-refractivity contribution in [1.82, 2.24) is 15.5 Å². The molecule has 1 aliphatic heterocycles. The molecule has 2 amide bonds. The minimum atomic E-state index is -0.159. The van der Waals surface area contributed by atoms with E-state index in [-0.39, 0.29) is 17.6 Å². The fourth-order valence-electron chi connectivity index (χ4n) is 2.66. The van der Waals surface area contributed by atoms with Crippen LogP contribution in [0.5, 0.6) is 0 Å². The van der Waals surface area contributed by atoms with E-state index in [4.69, 9.17) is 16.3 Å². The summed E-state index contributed by atoms with van der Waals surface area (Å²) in [7, 11) is 0. The Kier molecular flexibility index (Phi) is 6.27. The lowest BCUT2D eigenvalue weighted by molar-refractivity contribution is -0.00876. The fraction of sp³-hybridized carbons (Fsp3) is 0.588. The van der Waals surface area contributed by atoms with Gasteiger partial charge in [0.2, 0.25) is 0 Å². The molecule has 0 radical (unpaired) electrons. The summed E-state index contributed by atoms with van der Waals surface area (Å²) in [4.78, 5) is 14.5. The second-order valence-corrected chi connectivity index (χ2v) is 6.95. The maximum absolute atomic E-state index is 12.1. The third-order valence-corrected chi connectivity index (χ3v) is 4.52. The van der Waals surface area contributed by atoms with E-state index in [1.54, 1.807) is 0 Å². The van der Waals surface area contributed by atoms with Crippen LogP contribution in [0.15, 0.2) is 24.3 Å². The molecule has 0 aliphatic carbocycles. The number of hydrogen-bond acceptors (Lipinski definition) is 3. The van der Waals surface area contributed by atoms with Gasteiger partial charge in [-0.05, 0) is 38.5 Å². The van der Waals surface area contributed by atoms with Crippen LogP contribution in [0.4, 0.5) is 4.79 Å². The molecule has 23 heavy (non-hydrogen) atoms. The molecule has 1 heterocycles. The van der Waals surface area contributed by atoms with Gasteiger partial charge in [0.05, 0.1) is 19.3 Å². The van der Waals surface area contributed by atoms with E-state index in [0.717, 1.165) is 31.9 Å². The summed E-state index contributed by atoms with van der Waals surface area (Å²) in [6.07, 6.45) is 0. The Morgan fingerprint density at radius 3 is 2.52 bits per heavy atom. The molecule has 1 aromatic carbocycles. The van der Waals surface area contributed by atoms with Gasteiger partial charge in [-0.3, -0.25) is 4.90 Å². The second-order valence-electron chi connectivity index (χ2n) is 6.51. The van der Waals surface area contributed by atoms with Gasteiger partial charge in [0.25, 0.3) is 0 Å². The largest absolute Gasteiger partial charge is 0.379 e. The summed E-state index contributed by atoms with van der Waals surface area (Å²) in [5.74, 6) is 0. The lowest BCUT2D eigenvalue weighted by Crippen LogP contribution is -2.56. The first-order chi connectivity index (χ1) is 10.9. The minimum absolute atomic E-state index is 0.0706. The van der Waals surface area contributed by atoms with E-state index in [1.165, 1.54) is 0 Å². The van der Waals surface area contributed by atoms with Gasteiger partial charge in [-0.15, -0.1) is 0 Å². The predicted octanol–water partition coefficient (Wildman–Crippen LogP) is 2.81. The van der Waals surface area contributed by atoms with Crippen LogP contribution in [0.2, 0.25) is 5.02 Å². The molecule has 6 heteroatoms. The number of nitrogens with one attached hydrogen (secondary N) is 2. The Labute approximate surface area is 143 Å². The topological polar surface area (TPSA) is 53.6 Å². The van der Waals surface area contributed by atoms with Crippen LogP contribution >= 0.6 is 11.6 Å². The van der Waals surface area contributed by atoms with Crippen molar-refractivity contribution in [2.45, 2.75) is 32.4 Å². The number of nitrogens with zero attached hydrogens (tertiary/aromatic N) is 1. The molecule has 0 saturated carbocycles. The van der Waals surface area contributed by atoms with Gasteiger partial charge in [0.15, 0.2) is 0 Å². The summed E-state index contributed by atoms with van der Waals surface area (Å²) in [5, 5.41) is 6.62. The van der Waals surface area contributed by atoms with Gasteiger partial charge in [0, 0.05) is 30.2 Å². The lowest BCUT2D eigenvalue weighted by Gasteiger charge is -2.40. The van der Waals surface area contributed by atoms with Crippen LogP contribution in [-0.2, 0) is 4.74 Å². The molecule has 2 rings (SSSR count). The highest BCUT2D eigenvalue weighted by Crippen LogP contribution is 2.17. The first-order valence-corrected chi connectivity index (χ1v) is 8.39. The molecule has 2 N–H and O–H groups in total. The molecular formula is C17H26ClN3O2. The number of hydrogen-bond donors (Lipinski definition) is 2. The van der Waals surface area contributed by atoms with Gasteiger partial charge in [-0.1, -0.05) is 23.7 Å². The van der Waals surface area contributed by atoms with Crippen molar-refractivity contribution in [2.24, 2.45) is 0 Å². The number of morpholine rings is 1. The van der Waals surface area contributed by atoms with E-state index in [2.05, 4.69) is 29.4 Å². The SMILES string of the molecule is CC(NC(=O)NCC(C)(C)N1CCOCC1)c1ccc(Cl)cc1. The molecule has 0 aromatic heterocycles. The van der Waals surface area contributed by atoms with Crippen molar-refractivity contribution in [3.8, 4) is 0 Å². The second kappa shape index (κ2) is 7.99. The van der Waals surface area contributed by atoms with E-state index in [9.17, 15) is 4.79 Å². The molecule has 5 nitrogen and oxygen atoms in total. The lowest BCUT2D eigenvalue weighted by atomic mass is 10.0. The van der Waals surface area contributed by atoms with Crippen LogP contribution in [0.3, 0.4) is 0 Å². The zero-order valence-corrected chi connectivity index (χ0v) is 14.8. The van der Waals surface area contributed by atoms with E-state index >= 15 is 0 Å². The van der Waals surface area contributed by atoms with Crippen LogP contribution in [0, 0.1) is 0 Å². The van der Waals surface area contributed by atoms with Crippen LogP contribution in [0.25, 0.3) is 0 Å². The molecule has 128 valence electrons. The zero-order chi connectivity index (χ0) is 16.9. The molecule has 1 unspecified atom stereocenters. The summed E-state index contributed by atoms with van der Waals surface area (Å²) in [6, 6.07) is 7.27. The summed E-state index contributed by atoms with van der Waals surface area (Å²) in [6.45, 7) is 10.1. The summed E-state index contributed by atoms with van der Waals surface area (Å²) >= 11 is 5.88. The third-order valence-electron chi connectivity index (χ3n) is 4.27. The smallest absolute Gasteiger partial charge is 0.315 e. The number of benzene rings is 1. The summed E-state index contributed by atoms with van der Waals surface area (Å²) in [5.41, 5.74) is 0.932. The van der Waals surface area contributed by atoms with Crippen molar-refractivity contribution < 1.29 is 9.53 Å². The molecular weight excluding hydrogens is 314 g/mol. The van der Waals surface area contributed by atoms with Crippen LogP contribution in [0.1, 0.15) is 32.4 Å². The monoisotopic (exact) mass is 339 g/mol. The molecule has 1 saturated heterocycles. The highest BCUT2D eigenvalue weighted by Gasteiger charge is 2.28. The van der Waals surface area contributed by atoms with Crippen LogP contribution < -0.4 is 10.6 Å².